The fourth-order valence-electron chi connectivity index (χ4n) is 6.21. The van der Waals surface area contributed by atoms with Crippen LogP contribution in [0.2, 0.25) is 0 Å². The molecule has 0 saturated carbocycles. The molecule has 0 aromatic carbocycles. The molecule has 4 heterocycles. The van der Waals surface area contributed by atoms with E-state index in [0.717, 1.165) is 0 Å². The fourth-order valence-corrected chi connectivity index (χ4v) is 6.21. The van der Waals surface area contributed by atoms with Gasteiger partial charge < -0.3 is 123 Å². The highest BCUT2D eigenvalue weighted by atomic mass is 16.8. The lowest BCUT2D eigenvalue weighted by Gasteiger charge is -2.50. The van der Waals surface area contributed by atoms with Crippen molar-refractivity contribution >= 4 is 23.9 Å². The highest BCUT2D eigenvalue weighted by Gasteiger charge is 2.56. The van der Waals surface area contributed by atoms with E-state index in [4.69, 9.17) is 42.6 Å². The third-order valence-electron chi connectivity index (χ3n) is 8.82. The molecule has 332 valence electrons. The number of aliphatic carboxylic acids is 4. The second-order valence-corrected chi connectivity index (χ2v) is 13.5. The van der Waals surface area contributed by atoms with Gasteiger partial charge in [-0.3, -0.25) is 0 Å². The van der Waals surface area contributed by atoms with Gasteiger partial charge >= 0.3 is 0 Å². The summed E-state index contributed by atoms with van der Waals surface area (Å²) in [6, 6.07) is 0. The molecule has 4 fully saturated rings. The van der Waals surface area contributed by atoms with Crippen LogP contribution < -0.4 is 20.4 Å². The monoisotopic (exact) mass is 834 g/mol. The molecule has 4 aliphatic rings. The minimum absolute atomic E-state index is 0. The summed E-state index contributed by atoms with van der Waals surface area (Å²) in [6.45, 7) is 5.91. The van der Waals surface area contributed by atoms with E-state index >= 15 is 0 Å². The smallest absolute Gasteiger partial charge is 0.187 e. The van der Waals surface area contributed by atoms with Crippen LogP contribution in [0.5, 0.6) is 0 Å². The molecule has 4 aliphatic heterocycles. The Morgan fingerprint density at radius 3 is 0.895 bits per heavy atom. The second-order valence-electron chi connectivity index (χ2n) is 13.5. The molecule has 4 rings (SSSR count). The number of hydrogen-bond acceptors (Lipinski definition) is 25. The summed E-state index contributed by atoms with van der Waals surface area (Å²) < 4.78 is 46.9. The van der Waals surface area contributed by atoms with Crippen molar-refractivity contribution in [1.29, 1.82) is 0 Å². The van der Waals surface area contributed by atoms with E-state index in [0.29, 0.717) is 0 Å². The Morgan fingerprint density at radius 1 is 0.404 bits per heavy atom. The van der Waals surface area contributed by atoms with Gasteiger partial charge in [0.15, 0.2) is 25.2 Å². The van der Waals surface area contributed by atoms with Crippen LogP contribution in [-0.4, -0.2) is 200 Å². The van der Waals surface area contributed by atoms with E-state index in [1.165, 1.54) is 27.7 Å². The molecule has 0 aromatic heterocycles. The molecule has 25 heteroatoms. The van der Waals surface area contributed by atoms with Crippen molar-refractivity contribution in [2.75, 3.05) is 0 Å². The predicted molar refractivity (Wildman–Crippen MR) is 167 cm³/mol. The Morgan fingerprint density at radius 2 is 0.632 bits per heavy atom. The molecule has 57 heavy (non-hydrogen) atoms. The van der Waals surface area contributed by atoms with Gasteiger partial charge in [-0.15, -0.1) is 0 Å². The normalized spacial score (nSPS) is 43.8. The van der Waals surface area contributed by atoms with Crippen molar-refractivity contribution < 1.29 is 123 Å². The zero-order valence-corrected chi connectivity index (χ0v) is 29.2. The molecule has 20 atom stereocenters. The Balaban J connectivity index is 0.00000561. The Kier molecular flexibility index (Phi) is 18.1. The molecule has 0 spiro atoms. The van der Waals surface area contributed by atoms with E-state index < -0.39 is 159 Å². The minimum Gasteiger partial charge on any atom is -0.547 e. The largest absolute Gasteiger partial charge is 0.547 e. The number of ether oxygens (including phenoxy) is 9. The number of aliphatic hydroxyl groups is 8. The van der Waals surface area contributed by atoms with E-state index in [2.05, 4.69) is 0 Å². The summed E-state index contributed by atoms with van der Waals surface area (Å²) in [4.78, 5) is 47.9. The first-order chi connectivity index (χ1) is 25.6. The SMILES string of the molecule is C.C.CC(C)O[C@@H]1O[C@@H](C(=O)[O-])[C@@H](O[C@@H]2OC(C(=O)[O-])[C@@H](O[C@@H]3OC(C(=O)[O-])[C@@H](O[C@@H]4OC(C(=O)[O-])[C@@H](OC(C)C)[C@@H](O)C4O)C(O)C3O)[C@H](O)C2O)C(O)C1O. The molecule has 0 radical (unpaired) electrons. The van der Waals surface area contributed by atoms with Gasteiger partial charge in [0.25, 0.3) is 0 Å². The van der Waals surface area contributed by atoms with Crippen molar-refractivity contribution in [3.63, 3.8) is 0 Å². The first kappa shape index (κ1) is 50.3. The van der Waals surface area contributed by atoms with Crippen LogP contribution in [0.25, 0.3) is 0 Å². The van der Waals surface area contributed by atoms with Crippen LogP contribution in [0, 0.1) is 0 Å². The lowest BCUT2D eigenvalue weighted by Crippen LogP contribution is -2.70. The van der Waals surface area contributed by atoms with Crippen LogP contribution >= 0.6 is 0 Å². The van der Waals surface area contributed by atoms with Crippen LogP contribution in [0.15, 0.2) is 0 Å². The zero-order valence-electron chi connectivity index (χ0n) is 29.2. The summed E-state index contributed by atoms with van der Waals surface area (Å²) in [5.74, 6) is -8.41. The van der Waals surface area contributed by atoms with Gasteiger partial charge in [0.05, 0.1) is 36.1 Å². The lowest BCUT2D eigenvalue weighted by atomic mass is 9.95. The van der Waals surface area contributed by atoms with E-state index in [-0.39, 0.29) is 14.9 Å². The third kappa shape index (κ3) is 10.9. The Labute approximate surface area is 324 Å². The first-order valence-corrected chi connectivity index (χ1v) is 16.7. The van der Waals surface area contributed by atoms with Gasteiger partial charge in [-0.25, -0.2) is 0 Å². The maximum absolute atomic E-state index is 12.1. The van der Waals surface area contributed by atoms with Gasteiger partial charge in [-0.1, -0.05) is 14.9 Å². The third-order valence-corrected chi connectivity index (χ3v) is 8.82. The number of aliphatic hydroxyl groups excluding tert-OH is 8. The van der Waals surface area contributed by atoms with E-state index in [9.17, 15) is 80.5 Å². The number of carboxylic acid groups (broad SMARTS) is 4. The lowest BCUT2D eigenvalue weighted by molar-refractivity contribution is -0.403. The molecule has 0 bridgehead atoms. The van der Waals surface area contributed by atoms with Gasteiger partial charge in [0.1, 0.15) is 97.7 Å². The van der Waals surface area contributed by atoms with Crippen LogP contribution in [0.1, 0.15) is 42.5 Å². The van der Waals surface area contributed by atoms with Crippen molar-refractivity contribution in [3.8, 4) is 0 Å². The molecular formula is C32H50O25-4. The molecule has 8 N–H and O–H groups in total. The van der Waals surface area contributed by atoms with E-state index in [1.807, 2.05) is 0 Å². The van der Waals surface area contributed by atoms with Gasteiger partial charge in [0, 0.05) is 0 Å². The van der Waals surface area contributed by atoms with Crippen molar-refractivity contribution in [3.05, 3.63) is 0 Å². The highest BCUT2D eigenvalue weighted by molar-refractivity contribution is 5.72. The number of hydrogen-bond donors (Lipinski definition) is 8. The topological polar surface area (TPSA) is 405 Å². The molecule has 4 saturated heterocycles. The highest BCUT2D eigenvalue weighted by Crippen LogP contribution is 2.35. The molecular weight excluding hydrogens is 784 g/mol. The summed E-state index contributed by atoms with van der Waals surface area (Å²) in [5.41, 5.74) is 0. The number of carbonyl (C=O) groups is 4. The molecule has 25 nitrogen and oxygen atoms in total. The summed E-state index contributed by atoms with van der Waals surface area (Å²) in [5, 5.41) is 134. The molecule has 0 aliphatic carbocycles. The Hall–Kier alpha value is -2.80. The number of rotatable bonds is 14. The molecule has 0 aromatic rings. The molecule has 9 unspecified atom stereocenters. The van der Waals surface area contributed by atoms with Crippen LogP contribution in [-0.2, 0) is 61.8 Å². The van der Waals surface area contributed by atoms with Gasteiger partial charge in [-0.2, -0.15) is 0 Å². The Bertz CT molecular complexity index is 1350. The zero-order chi connectivity index (χ0) is 41.4. The van der Waals surface area contributed by atoms with Crippen molar-refractivity contribution in [2.45, 2.75) is 178 Å². The average Bonchev–Trinajstić information content (AvgIpc) is 3.09. The van der Waals surface area contributed by atoms with Gasteiger partial charge in [-0.05, 0) is 27.7 Å². The first-order valence-electron chi connectivity index (χ1n) is 16.7. The van der Waals surface area contributed by atoms with Crippen LogP contribution in [0.4, 0.5) is 0 Å². The van der Waals surface area contributed by atoms with Gasteiger partial charge in [0.2, 0.25) is 0 Å². The average molecular weight is 835 g/mol. The van der Waals surface area contributed by atoms with E-state index in [1.54, 1.807) is 0 Å². The fraction of sp³-hybridized carbons (Fsp3) is 0.875. The van der Waals surface area contributed by atoms with Crippen molar-refractivity contribution in [1.82, 2.24) is 0 Å². The standard InChI is InChI=1S/C30H46O25.2CH4/c1-5(2)47-15-7(31)12(36)28(53-19(15)23(39)40)50-17-9(33)14(38)30(55-21(17)25(43)44)51-18-10(34)13(37)29(54-22(18)26(45)46)49-16-8(32)11(35)27(48-6(3)4)52-20(16)24(41)42;;/h5-22,27-38H,1-4H3,(H,39,40)(H,41,42)(H,43,44)(H,45,46);2*1H4/p-4/t7-,8?,9?,10+,11?,12?,13?,14?,15-,16-,17-,18-,19?,20+,21?,22?,27+,28+,29+,30+;;/m0../s1. The molecule has 0 amide bonds. The van der Waals surface area contributed by atoms with Crippen molar-refractivity contribution in [2.24, 2.45) is 0 Å². The quantitative estimate of drug-likeness (QED) is 0.0805. The maximum atomic E-state index is 12.1. The number of carboxylic acids is 4. The summed E-state index contributed by atoms with van der Waals surface area (Å²) in [6.07, 6.45) is -46.3. The summed E-state index contributed by atoms with van der Waals surface area (Å²) in [7, 11) is 0. The number of carbonyl (C=O) groups excluding carboxylic acids is 4. The predicted octanol–water partition coefficient (Wildman–Crippen LogP) is -10.6. The van der Waals surface area contributed by atoms with Crippen LogP contribution in [0.3, 0.4) is 0 Å². The maximum Gasteiger partial charge on any atom is 0.187 e. The minimum atomic E-state index is -2.55. The second kappa shape index (κ2) is 20.4. The summed E-state index contributed by atoms with van der Waals surface area (Å²) >= 11 is 0.